The third-order valence-electron chi connectivity index (χ3n) is 5.92. The Kier molecular flexibility index (Phi) is 7.01. The molecule has 0 radical (unpaired) electrons. The Morgan fingerprint density at radius 1 is 1.12 bits per heavy atom. The molecule has 176 valence electrons. The number of hydrogen-bond acceptors (Lipinski definition) is 4. The van der Waals surface area contributed by atoms with Crippen LogP contribution in [0.5, 0.6) is 0 Å². The third kappa shape index (κ3) is 5.48. The summed E-state index contributed by atoms with van der Waals surface area (Å²) >= 11 is 0. The Balaban J connectivity index is 1.51. The van der Waals surface area contributed by atoms with E-state index < -0.39 is 29.7 Å². The van der Waals surface area contributed by atoms with Gasteiger partial charge in [-0.2, -0.15) is 0 Å². The van der Waals surface area contributed by atoms with Crippen LogP contribution in [-0.4, -0.2) is 47.6 Å². The fourth-order valence-corrected chi connectivity index (χ4v) is 4.15. The summed E-state index contributed by atoms with van der Waals surface area (Å²) in [6.07, 6.45) is 1.36. The van der Waals surface area contributed by atoms with Crippen LogP contribution in [0.4, 0.5) is 4.39 Å². The molecule has 4 N–H and O–H groups in total. The molecule has 0 bridgehead atoms. The molecule has 3 atom stereocenters. The minimum Gasteiger partial charge on any atom is -0.356 e. The second-order valence-electron chi connectivity index (χ2n) is 8.39. The summed E-state index contributed by atoms with van der Waals surface area (Å²) in [4.78, 5) is 52.5. The molecule has 0 spiro atoms. The van der Waals surface area contributed by atoms with Gasteiger partial charge in [-0.25, -0.2) is 4.39 Å². The first-order valence-corrected chi connectivity index (χ1v) is 11.1. The van der Waals surface area contributed by atoms with Crippen LogP contribution in [0.3, 0.4) is 0 Å². The van der Waals surface area contributed by atoms with Crippen molar-refractivity contribution in [3.8, 4) is 0 Å². The molecule has 0 saturated carbocycles. The van der Waals surface area contributed by atoms with E-state index in [2.05, 4.69) is 20.9 Å². The lowest BCUT2D eigenvalue weighted by molar-refractivity contribution is -0.127. The molecule has 1 aliphatic heterocycles. The number of fused-ring (bicyclic) bond motifs is 1. The molecule has 8 nitrogen and oxygen atoms in total. The van der Waals surface area contributed by atoms with Crippen molar-refractivity contribution in [2.75, 3.05) is 6.54 Å². The number of halogens is 1. The Hall–Kier alpha value is -4.01. The van der Waals surface area contributed by atoms with E-state index in [1.807, 2.05) is 24.3 Å². The lowest BCUT2D eigenvalue weighted by Gasteiger charge is -2.22. The molecule has 4 rings (SSSR count). The monoisotopic (exact) mass is 464 g/mol. The molecular formula is C25H25FN4O4. The van der Waals surface area contributed by atoms with Crippen LogP contribution in [0.2, 0.25) is 0 Å². The normalized spacial score (nSPS) is 17.1. The maximum Gasteiger partial charge on any atom is 0.268 e. The molecule has 0 aliphatic carbocycles. The van der Waals surface area contributed by atoms with E-state index in [4.69, 9.17) is 0 Å². The van der Waals surface area contributed by atoms with E-state index in [0.717, 1.165) is 10.9 Å². The molecule has 1 aliphatic rings. The molecular weight excluding hydrogens is 439 g/mol. The van der Waals surface area contributed by atoms with Crippen molar-refractivity contribution < 1.29 is 23.6 Å². The Bertz CT molecular complexity index is 1190. The maximum atomic E-state index is 13.7. The number of para-hydroxylation sites is 1. The minimum atomic E-state index is -1.07. The summed E-state index contributed by atoms with van der Waals surface area (Å²) in [5, 5.41) is 8.87. The summed E-state index contributed by atoms with van der Waals surface area (Å²) in [7, 11) is 0. The number of rotatable bonds is 9. The van der Waals surface area contributed by atoms with Crippen molar-refractivity contribution in [3.63, 3.8) is 0 Å². The SMILES string of the molecule is O=C[C@@H](C[C@@H]1CCNC1=O)NC(=O)[C@@H](Cc1cccc(F)c1)NC(=O)c1cc2ccccc2[nH]1. The third-order valence-corrected chi connectivity index (χ3v) is 5.92. The number of amides is 3. The number of nitrogens with one attached hydrogen (secondary N) is 4. The predicted octanol–water partition coefficient (Wildman–Crippen LogP) is 1.86. The number of carbonyl (C=O) groups is 4. The first-order chi connectivity index (χ1) is 16.4. The molecule has 1 aromatic heterocycles. The van der Waals surface area contributed by atoms with Crippen LogP contribution in [-0.2, 0) is 20.8 Å². The number of hydrogen-bond donors (Lipinski definition) is 4. The summed E-state index contributed by atoms with van der Waals surface area (Å²) in [5.41, 5.74) is 1.55. The molecule has 34 heavy (non-hydrogen) atoms. The summed E-state index contributed by atoms with van der Waals surface area (Å²) in [5.74, 6) is -2.07. The molecule has 0 unspecified atom stereocenters. The van der Waals surface area contributed by atoms with Crippen molar-refractivity contribution in [1.82, 2.24) is 20.9 Å². The lowest BCUT2D eigenvalue weighted by atomic mass is 9.98. The molecule has 2 aromatic carbocycles. The molecule has 1 fully saturated rings. The number of benzene rings is 2. The largest absolute Gasteiger partial charge is 0.356 e. The summed E-state index contributed by atoms with van der Waals surface area (Å²) < 4.78 is 13.7. The summed E-state index contributed by atoms with van der Waals surface area (Å²) in [6.45, 7) is 0.534. The van der Waals surface area contributed by atoms with Crippen molar-refractivity contribution in [2.45, 2.75) is 31.3 Å². The second-order valence-corrected chi connectivity index (χ2v) is 8.39. The van der Waals surface area contributed by atoms with Gasteiger partial charge in [0.2, 0.25) is 11.8 Å². The van der Waals surface area contributed by atoms with Gasteiger partial charge in [0.15, 0.2) is 0 Å². The van der Waals surface area contributed by atoms with Crippen molar-refractivity contribution >= 4 is 34.9 Å². The molecule has 2 heterocycles. The molecule has 1 saturated heterocycles. The fraction of sp³-hybridized carbons (Fsp3) is 0.280. The number of aldehydes is 1. The first-order valence-electron chi connectivity index (χ1n) is 11.1. The van der Waals surface area contributed by atoms with E-state index in [1.54, 1.807) is 12.1 Å². The Labute approximate surface area is 195 Å². The topological polar surface area (TPSA) is 120 Å². The van der Waals surface area contributed by atoms with E-state index >= 15 is 0 Å². The van der Waals surface area contributed by atoms with Crippen molar-refractivity contribution in [2.24, 2.45) is 5.92 Å². The van der Waals surface area contributed by atoms with Crippen molar-refractivity contribution in [3.05, 3.63) is 71.7 Å². The van der Waals surface area contributed by atoms with Crippen LogP contribution in [0.25, 0.3) is 10.9 Å². The number of aromatic amines is 1. The number of H-pyrrole nitrogens is 1. The summed E-state index contributed by atoms with van der Waals surface area (Å²) in [6, 6.07) is 12.8. The van der Waals surface area contributed by atoms with Crippen LogP contribution >= 0.6 is 0 Å². The Morgan fingerprint density at radius 2 is 1.94 bits per heavy atom. The lowest BCUT2D eigenvalue weighted by Crippen LogP contribution is -2.51. The zero-order chi connectivity index (χ0) is 24.1. The van der Waals surface area contributed by atoms with Gasteiger partial charge in [0.1, 0.15) is 23.8 Å². The van der Waals surface area contributed by atoms with E-state index in [0.29, 0.717) is 24.8 Å². The van der Waals surface area contributed by atoms with Gasteiger partial charge in [0.25, 0.3) is 5.91 Å². The van der Waals surface area contributed by atoms with Gasteiger partial charge in [-0.3, -0.25) is 14.4 Å². The highest BCUT2D eigenvalue weighted by Gasteiger charge is 2.30. The van der Waals surface area contributed by atoms with Gasteiger partial charge >= 0.3 is 0 Å². The second kappa shape index (κ2) is 10.3. The Morgan fingerprint density at radius 3 is 2.65 bits per heavy atom. The van der Waals surface area contributed by atoms with E-state index in [1.165, 1.54) is 18.2 Å². The maximum absolute atomic E-state index is 13.7. The van der Waals surface area contributed by atoms with Gasteiger partial charge in [0, 0.05) is 29.8 Å². The smallest absolute Gasteiger partial charge is 0.268 e. The molecule has 9 heteroatoms. The van der Waals surface area contributed by atoms with E-state index in [9.17, 15) is 23.6 Å². The van der Waals surface area contributed by atoms with Gasteiger partial charge in [-0.15, -0.1) is 0 Å². The van der Waals surface area contributed by atoms with Gasteiger partial charge < -0.3 is 25.7 Å². The van der Waals surface area contributed by atoms with Gasteiger partial charge in [-0.1, -0.05) is 30.3 Å². The van der Waals surface area contributed by atoms with Crippen molar-refractivity contribution in [1.29, 1.82) is 0 Å². The average molecular weight is 464 g/mol. The van der Waals surface area contributed by atoms with Crippen LogP contribution in [0.1, 0.15) is 28.9 Å². The standard InChI is InChI=1S/C25H25FN4O4/c26-18-6-3-4-15(10-18)11-21(24(33)28-19(14-31)12-17-8-9-27-23(17)32)30-25(34)22-13-16-5-1-2-7-20(16)29-22/h1-7,10,13-14,17,19,21,29H,8-9,11-12H2,(H,27,32)(H,28,33)(H,30,34)/t17-,19+,21+/m0/s1. The van der Waals surface area contributed by atoms with Crippen LogP contribution in [0.15, 0.2) is 54.6 Å². The number of carbonyl (C=O) groups excluding carboxylic acids is 4. The highest BCUT2D eigenvalue weighted by molar-refractivity contribution is 6.00. The molecule has 3 aromatic rings. The number of aromatic nitrogens is 1. The zero-order valence-electron chi connectivity index (χ0n) is 18.3. The van der Waals surface area contributed by atoms with E-state index in [-0.39, 0.29) is 30.4 Å². The van der Waals surface area contributed by atoms with Gasteiger partial charge in [0.05, 0.1) is 6.04 Å². The highest BCUT2D eigenvalue weighted by atomic mass is 19.1. The average Bonchev–Trinajstić information content (AvgIpc) is 3.44. The first kappa shape index (κ1) is 23.2. The minimum absolute atomic E-state index is 0.0189. The molecule has 3 amide bonds. The zero-order valence-corrected chi connectivity index (χ0v) is 18.3. The predicted molar refractivity (Wildman–Crippen MR) is 123 cm³/mol. The van der Waals surface area contributed by atoms with Crippen LogP contribution in [0, 0.1) is 11.7 Å². The quantitative estimate of drug-likeness (QED) is 0.361. The van der Waals surface area contributed by atoms with Gasteiger partial charge in [-0.05, 0) is 42.7 Å². The fourth-order valence-electron chi connectivity index (χ4n) is 4.15. The highest BCUT2D eigenvalue weighted by Crippen LogP contribution is 2.17. The van der Waals surface area contributed by atoms with Crippen LogP contribution < -0.4 is 16.0 Å².